The lowest BCUT2D eigenvalue weighted by molar-refractivity contribution is -0.137. The van der Waals surface area contributed by atoms with Crippen LogP contribution in [0.4, 0.5) is 37.8 Å². The van der Waals surface area contributed by atoms with Gasteiger partial charge >= 0.3 is 12.4 Å². The monoisotopic (exact) mass is 456 g/mol. The van der Waals surface area contributed by atoms with E-state index in [2.05, 4.69) is 9.97 Å². The summed E-state index contributed by atoms with van der Waals surface area (Å²) < 4.78 is 100. The molecule has 0 saturated heterocycles. The molecule has 14 heteroatoms. The summed E-state index contributed by atoms with van der Waals surface area (Å²) in [6, 6.07) is 2.69. The van der Waals surface area contributed by atoms with Gasteiger partial charge in [-0.05, 0) is 18.2 Å². The molecule has 0 aliphatic carbocycles. The van der Waals surface area contributed by atoms with Crippen molar-refractivity contribution < 1.29 is 39.6 Å². The number of anilines is 2. The van der Waals surface area contributed by atoms with Gasteiger partial charge in [-0.15, -0.1) is 0 Å². The summed E-state index contributed by atoms with van der Waals surface area (Å²) in [6.07, 6.45) is -8.23. The van der Waals surface area contributed by atoms with Crippen molar-refractivity contribution in [2.45, 2.75) is 24.2 Å². The zero-order chi connectivity index (χ0) is 22.7. The van der Waals surface area contributed by atoms with Gasteiger partial charge < -0.3 is 10.6 Å². The van der Waals surface area contributed by atoms with E-state index in [-0.39, 0.29) is 5.75 Å². The van der Waals surface area contributed by atoms with Crippen molar-refractivity contribution >= 4 is 27.2 Å². The van der Waals surface area contributed by atoms with E-state index in [1.165, 1.54) is 13.0 Å². The van der Waals surface area contributed by atoms with E-state index < -0.39 is 62.3 Å². The van der Waals surface area contributed by atoms with Gasteiger partial charge in [-0.1, -0.05) is 6.92 Å². The first kappa shape index (κ1) is 23.4. The highest BCUT2D eigenvalue weighted by Crippen LogP contribution is 2.33. The Morgan fingerprint density at radius 2 is 1.80 bits per heavy atom. The highest BCUT2D eigenvalue weighted by Gasteiger charge is 2.33. The van der Waals surface area contributed by atoms with E-state index in [1.807, 2.05) is 5.32 Å². The summed E-state index contributed by atoms with van der Waals surface area (Å²) in [5.41, 5.74) is -2.69. The third kappa shape index (κ3) is 5.81. The maximum atomic E-state index is 13.0. The van der Waals surface area contributed by atoms with Gasteiger partial charge in [0.25, 0.3) is 5.91 Å². The molecule has 2 rings (SSSR count). The van der Waals surface area contributed by atoms with Gasteiger partial charge in [-0.2, -0.15) is 26.3 Å². The fraction of sp³-hybridized carbons (Fsp3) is 0.312. The SMILES string of the molecule is CCS(=O)(=O)c1cccnc1C(=O)Nc1cc(C(F)(F)F)cnc1NCC(F)(F)F. The van der Waals surface area contributed by atoms with E-state index in [0.29, 0.717) is 12.3 Å². The third-order valence-corrected chi connectivity index (χ3v) is 5.38. The Balaban J connectivity index is 2.47. The van der Waals surface area contributed by atoms with Gasteiger partial charge in [0.2, 0.25) is 0 Å². The summed E-state index contributed by atoms with van der Waals surface area (Å²) in [5, 5.41) is 3.74. The molecule has 1 amide bonds. The lowest BCUT2D eigenvalue weighted by Gasteiger charge is -2.16. The molecule has 0 aliphatic heterocycles. The molecule has 0 atom stereocenters. The molecule has 164 valence electrons. The van der Waals surface area contributed by atoms with Crippen LogP contribution in [0.15, 0.2) is 35.5 Å². The summed E-state index contributed by atoms with van der Waals surface area (Å²) in [6.45, 7) is -0.326. The average Bonchev–Trinajstić information content (AvgIpc) is 2.65. The Labute approximate surface area is 166 Å². The fourth-order valence-corrected chi connectivity index (χ4v) is 3.23. The minimum atomic E-state index is -4.89. The van der Waals surface area contributed by atoms with Crippen LogP contribution in [0, 0.1) is 0 Å². The summed E-state index contributed by atoms with van der Waals surface area (Å²) >= 11 is 0. The Kier molecular flexibility index (Phi) is 6.59. The molecular formula is C16H14F6N4O3S. The topological polar surface area (TPSA) is 101 Å². The zero-order valence-corrected chi connectivity index (χ0v) is 15.9. The number of alkyl halides is 6. The van der Waals surface area contributed by atoms with Crippen molar-refractivity contribution in [3.8, 4) is 0 Å². The number of nitrogens with one attached hydrogen (secondary N) is 2. The number of sulfone groups is 1. The smallest absolute Gasteiger partial charge is 0.359 e. The minimum Gasteiger partial charge on any atom is -0.359 e. The molecule has 2 aromatic rings. The van der Waals surface area contributed by atoms with Crippen LogP contribution in [0.5, 0.6) is 0 Å². The van der Waals surface area contributed by atoms with Crippen molar-refractivity contribution in [2.75, 3.05) is 22.9 Å². The van der Waals surface area contributed by atoms with Gasteiger partial charge in [0.15, 0.2) is 9.84 Å². The number of carbonyl (C=O) groups is 1. The molecular weight excluding hydrogens is 442 g/mol. The zero-order valence-electron chi connectivity index (χ0n) is 15.1. The molecule has 0 bridgehead atoms. The molecule has 2 N–H and O–H groups in total. The Morgan fingerprint density at radius 1 is 1.13 bits per heavy atom. The van der Waals surface area contributed by atoms with Crippen LogP contribution in [0.3, 0.4) is 0 Å². The number of halogens is 6. The van der Waals surface area contributed by atoms with E-state index in [1.54, 1.807) is 5.32 Å². The van der Waals surface area contributed by atoms with E-state index in [9.17, 15) is 39.6 Å². The number of aromatic nitrogens is 2. The van der Waals surface area contributed by atoms with Crippen molar-refractivity contribution in [1.82, 2.24) is 9.97 Å². The van der Waals surface area contributed by atoms with Gasteiger partial charge in [0.05, 0.1) is 21.9 Å². The Morgan fingerprint density at radius 3 is 2.37 bits per heavy atom. The first-order valence-electron chi connectivity index (χ1n) is 8.11. The molecule has 0 radical (unpaired) electrons. The number of pyridine rings is 2. The lowest BCUT2D eigenvalue weighted by atomic mass is 10.2. The van der Waals surface area contributed by atoms with Crippen molar-refractivity contribution in [3.05, 3.63) is 41.9 Å². The van der Waals surface area contributed by atoms with Crippen molar-refractivity contribution in [3.63, 3.8) is 0 Å². The molecule has 0 saturated carbocycles. The predicted molar refractivity (Wildman–Crippen MR) is 93.7 cm³/mol. The molecule has 0 aromatic carbocycles. The van der Waals surface area contributed by atoms with Gasteiger partial charge in [-0.25, -0.2) is 18.4 Å². The van der Waals surface area contributed by atoms with E-state index in [4.69, 9.17) is 0 Å². The number of nitrogens with zero attached hydrogens (tertiary/aromatic N) is 2. The van der Waals surface area contributed by atoms with Gasteiger partial charge in [0.1, 0.15) is 18.1 Å². The maximum Gasteiger partial charge on any atom is 0.417 e. The molecule has 2 heterocycles. The van der Waals surface area contributed by atoms with E-state index >= 15 is 0 Å². The first-order valence-corrected chi connectivity index (χ1v) is 9.77. The number of hydrogen-bond donors (Lipinski definition) is 2. The number of hydrogen-bond acceptors (Lipinski definition) is 6. The van der Waals surface area contributed by atoms with Crippen LogP contribution in [-0.2, 0) is 16.0 Å². The predicted octanol–water partition coefficient (Wildman–Crippen LogP) is 3.52. The number of carbonyl (C=O) groups excluding carboxylic acids is 1. The Bertz CT molecular complexity index is 1040. The molecule has 30 heavy (non-hydrogen) atoms. The van der Waals surface area contributed by atoms with Crippen molar-refractivity contribution in [2.24, 2.45) is 0 Å². The molecule has 0 unspecified atom stereocenters. The van der Waals surface area contributed by atoms with Crippen LogP contribution in [0.1, 0.15) is 23.0 Å². The molecule has 0 aliphatic rings. The molecule has 0 fully saturated rings. The summed E-state index contributed by atoms with van der Waals surface area (Å²) in [4.78, 5) is 19.0. The minimum absolute atomic E-state index is 0.294. The summed E-state index contributed by atoms with van der Waals surface area (Å²) in [5.74, 6) is -2.31. The second-order valence-corrected chi connectivity index (χ2v) is 8.04. The second kappa shape index (κ2) is 8.45. The van der Waals surface area contributed by atoms with E-state index in [0.717, 1.165) is 12.3 Å². The van der Waals surface area contributed by atoms with Crippen LogP contribution in [0.25, 0.3) is 0 Å². The fourth-order valence-electron chi connectivity index (χ4n) is 2.19. The quantitative estimate of drug-likeness (QED) is 0.646. The van der Waals surface area contributed by atoms with Crippen LogP contribution in [0.2, 0.25) is 0 Å². The number of rotatable bonds is 6. The molecule has 2 aromatic heterocycles. The van der Waals surface area contributed by atoms with Crippen molar-refractivity contribution in [1.29, 1.82) is 0 Å². The maximum absolute atomic E-state index is 13.0. The van der Waals surface area contributed by atoms with Gasteiger partial charge in [-0.3, -0.25) is 4.79 Å². The first-order chi connectivity index (χ1) is 13.7. The lowest BCUT2D eigenvalue weighted by Crippen LogP contribution is -2.24. The number of amides is 1. The Hall–Kier alpha value is -2.90. The highest BCUT2D eigenvalue weighted by atomic mass is 32.2. The molecule has 7 nitrogen and oxygen atoms in total. The summed E-state index contributed by atoms with van der Waals surface area (Å²) in [7, 11) is -3.92. The second-order valence-electron chi connectivity index (χ2n) is 5.79. The largest absolute Gasteiger partial charge is 0.417 e. The van der Waals surface area contributed by atoms with Crippen LogP contribution >= 0.6 is 0 Å². The van der Waals surface area contributed by atoms with Crippen LogP contribution < -0.4 is 10.6 Å². The average molecular weight is 456 g/mol. The third-order valence-electron chi connectivity index (χ3n) is 3.62. The van der Waals surface area contributed by atoms with Gasteiger partial charge in [0, 0.05) is 12.4 Å². The molecule has 0 spiro atoms. The normalized spacial score (nSPS) is 12.5. The van der Waals surface area contributed by atoms with Crippen LogP contribution in [-0.4, -0.2) is 42.8 Å². The highest BCUT2D eigenvalue weighted by molar-refractivity contribution is 7.91. The standard InChI is InChI=1S/C16H14F6N4O3S/c1-2-30(28,29)11-4-3-5-23-12(11)14(27)26-10-6-9(16(20,21)22)7-24-13(10)25-8-15(17,18)19/h3-7H,2,8H2,1H3,(H,24,25)(H,26,27).